The van der Waals surface area contributed by atoms with Crippen molar-refractivity contribution >= 4 is 11.9 Å². The first-order valence-electron chi connectivity index (χ1n) is 31.6. The minimum atomic E-state index is -0.771. The first kappa shape index (κ1) is 70.1. The van der Waals surface area contributed by atoms with Gasteiger partial charge in [-0.15, -0.1) is 0 Å². The molecule has 0 rings (SSSR count). The van der Waals surface area contributed by atoms with Gasteiger partial charge in [-0.25, -0.2) is 0 Å². The molecule has 0 saturated carbocycles. The molecule has 0 aliphatic rings. The highest BCUT2D eigenvalue weighted by Gasteiger charge is 2.16. The Labute approximate surface area is 454 Å². The zero-order valence-corrected chi connectivity index (χ0v) is 48.4. The van der Waals surface area contributed by atoms with Gasteiger partial charge < -0.3 is 14.6 Å². The van der Waals surface area contributed by atoms with Gasteiger partial charge in [0.15, 0.2) is 6.10 Å². The van der Waals surface area contributed by atoms with Crippen LogP contribution in [0.25, 0.3) is 0 Å². The molecule has 5 heteroatoms. The minimum absolute atomic E-state index is 0.0617. The van der Waals surface area contributed by atoms with Crippen LogP contribution >= 0.6 is 0 Å². The quantitative estimate of drug-likeness (QED) is 0.0373. The maximum absolute atomic E-state index is 12.3. The van der Waals surface area contributed by atoms with Crippen LogP contribution in [0.2, 0.25) is 0 Å². The van der Waals surface area contributed by atoms with Gasteiger partial charge in [0.25, 0.3) is 0 Å². The van der Waals surface area contributed by atoms with Crippen molar-refractivity contribution in [2.75, 3.05) is 13.2 Å². The number of hydrogen-bond acceptors (Lipinski definition) is 5. The van der Waals surface area contributed by atoms with Gasteiger partial charge in [-0.3, -0.25) is 9.59 Å². The summed E-state index contributed by atoms with van der Waals surface area (Å²) in [5.74, 6) is -0.574. The van der Waals surface area contributed by atoms with Crippen LogP contribution in [-0.2, 0) is 19.1 Å². The molecule has 0 aromatic heterocycles. The van der Waals surface area contributed by atoms with E-state index >= 15 is 0 Å². The standard InChI is InChI=1S/C68H120O5/c1-3-5-7-9-11-13-15-17-19-21-23-24-25-26-27-28-29-30-31-32-33-34-35-36-37-38-39-40-41-42-43-44-45-47-49-51-53-55-57-59-61-63-68(71)73-66(64-69)65-72-67(70)62-60-58-56-54-52-50-48-46-22-20-18-16-14-12-10-8-6-4-2/h5,7,11,13,17,19,23-24,26-27,29-30,32-33,66,69H,3-4,6,8-10,12,14-16,18,20-22,25,28,31,34-65H2,1-2H3/b7-5-,13-11-,19-17-,24-23-,27-26-,30-29-,33-32-. The van der Waals surface area contributed by atoms with Gasteiger partial charge in [0.05, 0.1) is 6.61 Å². The average Bonchev–Trinajstić information content (AvgIpc) is 3.39. The molecular weight excluding hydrogens is 897 g/mol. The fraction of sp³-hybridized carbons (Fsp3) is 0.765. The number of ether oxygens (including phenoxy) is 2. The molecule has 422 valence electrons. The lowest BCUT2D eigenvalue weighted by Crippen LogP contribution is -2.28. The topological polar surface area (TPSA) is 72.8 Å². The normalized spacial score (nSPS) is 12.8. The molecule has 0 radical (unpaired) electrons. The Kier molecular flexibility index (Phi) is 60.8. The highest BCUT2D eigenvalue weighted by molar-refractivity contribution is 5.70. The summed E-state index contributed by atoms with van der Waals surface area (Å²) in [5.41, 5.74) is 0. The van der Waals surface area contributed by atoms with Crippen molar-refractivity contribution in [3.63, 3.8) is 0 Å². The number of aliphatic hydroxyl groups excluding tert-OH is 1. The fourth-order valence-corrected chi connectivity index (χ4v) is 9.25. The molecular formula is C68H120O5. The van der Waals surface area contributed by atoms with Crippen LogP contribution in [0.3, 0.4) is 0 Å². The molecule has 0 aliphatic carbocycles. The Balaban J connectivity index is 3.44. The molecule has 0 saturated heterocycles. The van der Waals surface area contributed by atoms with E-state index in [9.17, 15) is 14.7 Å². The third-order valence-corrected chi connectivity index (χ3v) is 14.0. The highest BCUT2D eigenvalue weighted by atomic mass is 16.6. The molecule has 0 amide bonds. The van der Waals surface area contributed by atoms with Crippen molar-refractivity contribution in [3.05, 3.63) is 85.1 Å². The summed E-state index contributed by atoms with van der Waals surface area (Å²) in [4.78, 5) is 24.5. The molecule has 1 N–H and O–H groups in total. The van der Waals surface area contributed by atoms with E-state index in [0.29, 0.717) is 12.8 Å². The zero-order valence-electron chi connectivity index (χ0n) is 48.4. The van der Waals surface area contributed by atoms with E-state index in [1.165, 1.54) is 205 Å². The second-order valence-corrected chi connectivity index (χ2v) is 21.1. The van der Waals surface area contributed by atoms with Crippen LogP contribution in [0, 0.1) is 0 Å². The Morgan fingerprint density at radius 2 is 0.589 bits per heavy atom. The SMILES string of the molecule is CC/C=C\C/C=C\C/C=C\C/C=C\C/C=C\C/C=C\C/C=C\CCCCCCCCCCCCCCCCCCCCCC(=O)OC(CO)COC(=O)CCCCCCCCCCCCCCCCCCCC. The summed E-state index contributed by atoms with van der Waals surface area (Å²) in [6.45, 7) is 4.06. The maximum atomic E-state index is 12.3. The Morgan fingerprint density at radius 1 is 0.329 bits per heavy atom. The summed E-state index contributed by atoms with van der Waals surface area (Å²) in [6, 6.07) is 0. The van der Waals surface area contributed by atoms with E-state index in [1.807, 2.05) is 0 Å². The third kappa shape index (κ3) is 61.5. The number of unbranched alkanes of at least 4 members (excludes halogenated alkanes) is 36. The number of allylic oxidation sites excluding steroid dienone is 14. The van der Waals surface area contributed by atoms with Crippen molar-refractivity contribution < 1.29 is 24.2 Å². The number of carbonyl (C=O) groups is 2. The third-order valence-electron chi connectivity index (χ3n) is 14.0. The highest BCUT2D eigenvalue weighted by Crippen LogP contribution is 2.17. The largest absolute Gasteiger partial charge is 0.462 e. The second kappa shape index (κ2) is 63.4. The molecule has 0 fully saturated rings. The Morgan fingerprint density at radius 3 is 0.890 bits per heavy atom. The number of esters is 2. The van der Waals surface area contributed by atoms with E-state index in [0.717, 1.165) is 83.5 Å². The molecule has 73 heavy (non-hydrogen) atoms. The van der Waals surface area contributed by atoms with Gasteiger partial charge in [0, 0.05) is 12.8 Å². The number of hydrogen-bond donors (Lipinski definition) is 1. The number of aliphatic hydroxyl groups is 1. The van der Waals surface area contributed by atoms with Gasteiger partial charge in [0.1, 0.15) is 6.61 Å². The number of carbonyl (C=O) groups excluding carboxylic acids is 2. The average molecular weight is 1020 g/mol. The molecule has 0 bridgehead atoms. The molecule has 0 heterocycles. The van der Waals surface area contributed by atoms with Crippen LogP contribution < -0.4 is 0 Å². The lowest BCUT2D eigenvalue weighted by Gasteiger charge is -2.15. The summed E-state index contributed by atoms with van der Waals surface area (Å²) < 4.78 is 10.7. The fourth-order valence-electron chi connectivity index (χ4n) is 9.25. The second-order valence-electron chi connectivity index (χ2n) is 21.1. The van der Waals surface area contributed by atoms with Gasteiger partial charge in [-0.2, -0.15) is 0 Å². The van der Waals surface area contributed by atoms with Crippen LogP contribution in [0.5, 0.6) is 0 Å². The first-order valence-corrected chi connectivity index (χ1v) is 31.6. The number of rotatable bonds is 58. The zero-order chi connectivity index (χ0) is 52.7. The Hall–Kier alpha value is -2.92. The molecule has 0 aromatic rings. The van der Waals surface area contributed by atoms with Crippen molar-refractivity contribution in [1.82, 2.24) is 0 Å². The van der Waals surface area contributed by atoms with Crippen LogP contribution in [-0.4, -0.2) is 36.4 Å². The van der Waals surface area contributed by atoms with E-state index in [1.54, 1.807) is 0 Å². The lowest BCUT2D eigenvalue weighted by molar-refractivity contribution is -0.161. The van der Waals surface area contributed by atoms with E-state index in [4.69, 9.17) is 9.47 Å². The predicted octanol–water partition coefficient (Wildman–Crippen LogP) is 21.7. The van der Waals surface area contributed by atoms with Crippen molar-refractivity contribution in [1.29, 1.82) is 0 Å². The Bertz CT molecular complexity index is 1340. The van der Waals surface area contributed by atoms with Crippen LogP contribution in [0.1, 0.15) is 316 Å². The van der Waals surface area contributed by atoms with E-state index < -0.39 is 6.10 Å². The van der Waals surface area contributed by atoms with E-state index in [2.05, 4.69) is 98.9 Å². The van der Waals surface area contributed by atoms with Crippen molar-refractivity contribution in [2.45, 2.75) is 322 Å². The monoisotopic (exact) mass is 1020 g/mol. The summed E-state index contributed by atoms with van der Waals surface area (Å²) in [7, 11) is 0. The van der Waals surface area contributed by atoms with Crippen molar-refractivity contribution in [2.24, 2.45) is 0 Å². The summed E-state index contributed by atoms with van der Waals surface area (Å²) in [5, 5.41) is 9.66. The van der Waals surface area contributed by atoms with Gasteiger partial charge in [0.2, 0.25) is 0 Å². The van der Waals surface area contributed by atoms with Gasteiger partial charge in [-0.05, 0) is 70.6 Å². The molecule has 0 spiro atoms. The van der Waals surface area contributed by atoms with E-state index in [-0.39, 0.29) is 25.2 Å². The van der Waals surface area contributed by atoms with Gasteiger partial charge in [-0.1, -0.05) is 317 Å². The molecule has 5 nitrogen and oxygen atoms in total. The molecule has 1 unspecified atom stereocenters. The predicted molar refractivity (Wildman–Crippen MR) is 320 cm³/mol. The van der Waals surface area contributed by atoms with Crippen LogP contribution in [0.4, 0.5) is 0 Å². The summed E-state index contributed by atoms with van der Waals surface area (Å²) in [6.07, 6.45) is 88.7. The first-order chi connectivity index (χ1) is 36.1. The van der Waals surface area contributed by atoms with Crippen LogP contribution in [0.15, 0.2) is 85.1 Å². The van der Waals surface area contributed by atoms with Crippen molar-refractivity contribution in [3.8, 4) is 0 Å². The summed E-state index contributed by atoms with van der Waals surface area (Å²) >= 11 is 0. The molecule has 1 atom stereocenters. The molecule has 0 aromatic carbocycles. The molecule has 0 aliphatic heterocycles. The maximum Gasteiger partial charge on any atom is 0.306 e. The lowest BCUT2D eigenvalue weighted by atomic mass is 10.0. The van der Waals surface area contributed by atoms with Gasteiger partial charge >= 0.3 is 11.9 Å². The minimum Gasteiger partial charge on any atom is -0.462 e. The smallest absolute Gasteiger partial charge is 0.306 e.